The van der Waals surface area contributed by atoms with Crippen LogP contribution in [-0.4, -0.2) is 31.0 Å². The number of hydrogen-bond acceptors (Lipinski definition) is 4. The molecular weight excluding hydrogens is 222 g/mol. The van der Waals surface area contributed by atoms with Gasteiger partial charge in [-0.3, -0.25) is 25.4 Å². The lowest BCUT2D eigenvalue weighted by Gasteiger charge is -2.04. The number of nitrogens with zero attached hydrogens (tertiary/aromatic N) is 1. The van der Waals surface area contributed by atoms with Crippen LogP contribution in [0.25, 0.3) is 0 Å². The predicted molar refractivity (Wildman–Crippen MR) is 53.6 cm³/mol. The minimum atomic E-state index is -2.81. The van der Waals surface area contributed by atoms with Crippen LogP contribution < -0.4 is 16.6 Å². The molecule has 90 valence electrons. The van der Waals surface area contributed by atoms with Crippen molar-refractivity contribution < 1.29 is 18.4 Å². The number of carbonyl (C=O) groups excluding carboxylic acids is 2. The summed E-state index contributed by atoms with van der Waals surface area (Å²) in [5.74, 6) is -0.892. The molecule has 0 aliphatic rings. The molecule has 0 aliphatic carbocycles. The molecule has 0 aromatic rings. The fourth-order valence-electron chi connectivity index (χ4n) is 0.752. The number of nitrogens with two attached hydrogens (primary N) is 1. The van der Waals surface area contributed by atoms with Crippen LogP contribution in [0.5, 0.6) is 0 Å². The number of amides is 2. The number of halogens is 2. The second-order valence-corrected chi connectivity index (χ2v) is 2.52. The van der Waals surface area contributed by atoms with Crippen molar-refractivity contribution in [2.75, 3.05) is 6.54 Å². The van der Waals surface area contributed by atoms with Gasteiger partial charge in [0.2, 0.25) is 6.41 Å². The van der Waals surface area contributed by atoms with Gasteiger partial charge in [0, 0.05) is 6.54 Å². The molecule has 16 heavy (non-hydrogen) atoms. The minimum Gasteiger partial charge on any atom is -0.394 e. The molecule has 0 saturated heterocycles. The Balaban J connectivity index is 4.65. The molecule has 8 heteroatoms. The van der Waals surface area contributed by atoms with Gasteiger partial charge in [0.15, 0.2) is 0 Å². The summed E-state index contributed by atoms with van der Waals surface area (Å²) in [7, 11) is 0. The summed E-state index contributed by atoms with van der Waals surface area (Å²) in [6, 6.07) is 0. The lowest BCUT2D eigenvalue weighted by molar-refractivity contribution is -0.121. The number of aliphatic imine (C=N–C) groups is 1. The van der Waals surface area contributed by atoms with Gasteiger partial charge in [0.1, 0.15) is 11.4 Å². The highest BCUT2D eigenvalue weighted by molar-refractivity contribution is 6.04. The van der Waals surface area contributed by atoms with Gasteiger partial charge < -0.3 is 5.73 Å². The van der Waals surface area contributed by atoms with E-state index in [0.29, 0.717) is 0 Å². The summed E-state index contributed by atoms with van der Waals surface area (Å²) in [4.78, 5) is 24.3. The van der Waals surface area contributed by atoms with Crippen molar-refractivity contribution in [3.8, 4) is 0 Å². The van der Waals surface area contributed by atoms with Crippen LogP contribution in [0.2, 0.25) is 0 Å². The minimum absolute atomic E-state index is 0.150. The molecular formula is C8H12F2N4O2. The van der Waals surface area contributed by atoms with E-state index < -0.39 is 23.7 Å². The fourth-order valence-corrected chi connectivity index (χ4v) is 0.752. The molecule has 0 saturated carbocycles. The average molecular weight is 234 g/mol. The Bertz CT molecular complexity index is 315. The van der Waals surface area contributed by atoms with Crippen LogP contribution in [-0.2, 0) is 9.59 Å². The molecule has 0 rings (SSSR count). The molecule has 6 nitrogen and oxygen atoms in total. The zero-order valence-electron chi connectivity index (χ0n) is 8.54. The zero-order valence-corrected chi connectivity index (χ0v) is 8.54. The molecule has 0 fully saturated rings. The molecule has 0 unspecified atom stereocenters. The molecule has 0 aromatic carbocycles. The highest BCUT2D eigenvalue weighted by Gasteiger charge is 2.13. The van der Waals surface area contributed by atoms with Crippen molar-refractivity contribution in [3.05, 3.63) is 11.8 Å². The molecule has 0 heterocycles. The first-order valence-electron chi connectivity index (χ1n) is 4.32. The third kappa shape index (κ3) is 5.03. The third-order valence-electron chi connectivity index (χ3n) is 1.37. The molecule has 0 atom stereocenters. The standard InChI is InChI=1S/C8H12F2N4O2/c1-2-12-6(7(9)10)3-5(11)8(16)14-13-4-15/h3-4,7H,2,11H2,1H3,(H,13,15)(H,14,16)/b5-3-,12-6?. The van der Waals surface area contributed by atoms with Crippen molar-refractivity contribution in [2.24, 2.45) is 10.7 Å². The zero-order chi connectivity index (χ0) is 12.6. The number of allylic oxidation sites excluding steroid dienone is 1. The van der Waals surface area contributed by atoms with E-state index in [4.69, 9.17) is 5.73 Å². The molecule has 4 N–H and O–H groups in total. The number of alkyl halides is 2. The SMILES string of the molecule is CCN=C(/C=C(\N)C(=O)NNC=O)C(F)F. The van der Waals surface area contributed by atoms with E-state index in [1.165, 1.54) is 0 Å². The molecule has 0 radical (unpaired) electrons. The number of hydrazine groups is 1. The Labute approximate surface area is 90.6 Å². The molecule has 0 aromatic heterocycles. The fraction of sp³-hybridized carbons (Fsp3) is 0.375. The lowest BCUT2D eigenvalue weighted by atomic mass is 10.3. The maximum absolute atomic E-state index is 12.3. The summed E-state index contributed by atoms with van der Waals surface area (Å²) in [6.45, 7) is 1.72. The van der Waals surface area contributed by atoms with Gasteiger partial charge in [-0.15, -0.1) is 0 Å². The van der Waals surface area contributed by atoms with E-state index in [0.717, 1.165) is 6.08 Å². The van der Waals surface area contributed by atoms with Gasteiger partial charge in [-0.05, 0) is 13.0 Å². The first kappa shape index (κ1) is 14.0. The first-order valence-corrected chi connectivity index (χ1v) is 4.32. The second kappa shape index (κ2) is 7.32. The Kier molecular flexibility index (Phi) is 6.41. The van der Waals surface area contributed by atoms with Crippen LogP contribution in [0.4, 0.5) is 8.78 Å². The molecule has 0 spiro atoms. The highest BCUT2D eigenvalue weighted by atomic mass is 19.3. The number of rotatable bonds is 6. The number of hydrogen-bond donors (Lipinski definition) is 3. The monoisotopic (exact) mass is 234 g/mol. The van der Waals surface area contributed by atoms with Crippen molar-refractivity contribution in [1.82, 2.24) is 10.9 Å². The van der Waals surface area contributed by atoms with E-state index in [1.807, 2.05) is 10.9 Å². The van der Waals surface area contributed by atoms with Crippen molar-refractivity contribution in [3.63, 3.8) is 0 Å². The Hall–Kier alpha value is -1.99. The quantitative estimate of drug-likeness (QED) is 0.246. The van der Waals surface area contributed by atoms with Crippen molar-refractivity contribution in [2.45, 2.75) is 13.3 Å². The average Bonchev–Trinajstić information content (AvgIpc) is 2.24. The molecule has 0 aliphatic heterocycles. The van der Waals surface area contributed by atoms with Gasteiger partial charge in [-0.25, -0.2) is 8.78 Å². The maximum Gasteiger partial charge on any atom is 0.285 e. The third-order valence-corrected chi connectivity index (χ3v) is 1.37. The molecule has 2 amide bonds. The topological polar surface area (TPSA) is 96.6 Å². The van der Waals surface area contributed by atoms with Gasteiger partial charge in [0.05, 0.1) is 0 Å². The van der Waals surface area contributed by atoms with Gasteiger partial charge >= 0.3 is 0 Å². The largest absolute Gasteiger partial charge is 0.394 e. The van der Waals surface area contributed by atoms with Crippen LogP contribution >= 0.6 is 0 Å². The van der Waals surface area contributed by atoms with Crippen molar-refractivity contribution >= 4 is 18.0 Å². The summed E-state index contributed by atoms with van der Waals surface area (Å²) < 4.78 is 24.7. The highest BCUT2D eigenvalue weighted by Crippen LogP contribution is 2.00. The van der Waals surface area contributed by atoms with Crippen LogP contribution in [0.1, 0.15) is 6.92 Å². The van der Waals surface area contributed by atoms with Gasteiger partial charge in [0.25, 0.3) is 12.3 Å². The van der Waals surface area contributed by atoms with E-state index in [2.05, 4.69) is 4.99 Å². The van der Waals surface area contributed by atoms with E-state index in [9.17, 15) is 18.4 Å². The van der Waals surface area contributed by atoms with Crippen LogP contribution in [0.3, 0.4) is 0 Å². The first-order chi connectivity index (χ1) is 7.52. The van der Waals surface area contributed by atoms with Crippen LogP contribution in [0.15, 0.2) is 16.8 Å². The van der Waals surface area contributed by atoms with Crippen molar-refractivity contribution in [1.29, 1.82) is 0 Å². The van der Waals surface area contributed by atoms with Gasteiger partial charge in [-0.2, -0.15) is 0 Å². The predicted octanol–water partition coefficient (Wildman–Crippen LogP) is -0.668. The smallest absolute Gasteiger partial charge is 0.285 e. The lowest BCUT2D eigenvalue weighted by Crippen LogP contribution is -2.39. The van der Waals surface area contributed by atoms with Gasteiger partial charge in [-0.1, -0.05) is 0 Å². The normalized spacial score (nSPS) is 12.5. The summed E-state index contributed by atoms with van der Waals surface area (Å²) in [5.41, 5.74) is 7.86. The second-order valence-electron chi connectivity index (χ2n) is 2.52. The Morgan fingerprint density at radius 3 is 2.62 bits per heavy atom. The van der Waals surface area contributed by atoms with E-state index >= 15 is 0 Å². The van der Waals surface area contributed by atoms with Crippen LogP contribution in [0, 0.1) is 0 Å². The number of nitrogens with one attached hydrogen (secondary N) is 2. The maximum atomic E-state index is 12.3. The number of carbonyl (C=O) groups is 2. The van der Waals surface area contributed by atoms with E-state index in [1.54, 1.807) is 6.92 Å². The Morgan fingerprint density at radius 1 is 1.56 bits per heavy atom. The molecule has 0 bridgehead atoms. The summed E-state index contributed by atoms with van der Waals surface area (Å²) in [5, 5.41) is 0. The van der Waals surface area contributed by atoms with E-state index in [-0.39, 0.29) is 13.0 Å². The summed E-state index contributed by atoms with van der Waals surface area (Å²) >= 11 is 0. The summed E-state index contributed by atoms with van der Waals surface area (Å²) in [6.07, 6.45) is -1.85. The Morgan fingerprint density at radius 2 is 2.19 bits per heavy atom.